The van der Waals surface area contributed by atoms with E-state index in [2.05, 4.69) is 21.5 Å². The van der Waals surface area contributed by atoms with Crippen LogP contribution in [0.2, 0.25) is 0 Å². The molecule has 0 atom stereocenters. The van der Waals surface area contributed by atoms with E-state index in [1.165, 1.54) is 0 Å². The second-order valence-electron chi connectivity index (χ2n) is 3.78. The Labute approximate surface area is 105 Å². The van der Waals surface area contributed by atoms with E-state index < -0.39 is 0 Å². The monoisotopic (exact) mass is 242 g/mol. The average Bonchev–Trinajstić information content (AvgIpc) is 2.85. The summed E-state index contributed by atoms with van der Waals surface area (Å²) < 4.78 is 1.61. The predicted octanol–water partition coefficient (Wildman–Crippen LogP) is 0.864. The third kappa shape index (κ3) is 3.09. The summed E-state index contributed by atoms with van der Waals surface area (Å²) in [6.07, 6.45) is 7.14. The highest BCUT2D eigenvalue weighted by molar-refractivity contribution is 5.49. The van der Waals surface area contributed by atoms with E-state index in [-0.39, 0.29) is 6.61 Å². The standard InChI is InChI=1S/C13H14N4O/c1-2-11-4-3-5-12(8-11)14-9-13-10-17(6-7-18)16-15-13/h1,3-5,8,10,14,18H,6-7,9H2. The van der Waals surface area contributed by atoms with Gasteiger partial charge in [-0.15, -0.1) is 11.5 Å². The number of anilines is 1. The maximum absolute atomic E-state index is 8.77. The van der Waals surface area contributed by atoms with E-state index in [0.717, 1.165) is 16.9 Å². The molecular formula is C13H14N4O. The number of aromatic nitrogens is 3. The molecule has 1 heterocycles. The summed E-state index contributed by atoms with van der Waals surface area (Å²) in [7, 11) is 0. The lowest BCUT2D eigenvalue weighted by Gasteiger charge is -2.04. The highest BCUT2D eigenvalue weighted by Gasteiger charge is 2.00. The molecule has 1 aromatic heterocycles. The van der Waals surface area contributed by atoms with E-state index in [9.17, 15) is 0 Å². The minimum Gasteiger partial charge on any atom is -0.394 e. The number of rotatable bonds is 5. The van der Waals surface area contributed by atoms with Gasteiger partial charge in [0.2, 0.25) is 0 Å². The van der Waals surface area contributed by atoms with Crippen molar-refractivity contribution in [3.05, 3.63) is 41.7 Å². The average molecular weight is 242 g/mol. The van der Waals surface area contributed by atoms with Gasteiger partial charge in [-0.3, -0.25) is 0 Å². The lowest BCUT2D eigenvalue weighted by molar-refractivity contribution is 0.268. The van der Waals surface area contributed by atoms with Gasteiger partial charge in [-0.1, -0.05) is 17.2 Å². The summed E-state index contributed by atoms with van der Waals surface area (Å²) in [6.45, 7) is 1.08. The smallest absolute Gasteiger partial charge is 0.102 e. The molecule has 0 amide bonds. The third-order valence-electron chi connectivity index (χ3n) is 2.42. The molecule has 0 aliphatic rings. The number of terminal acetylenes is 1. The van der Waals surface area contributed by atoms with Crippen molar-refractivity contribution in [2.45, 2.75) is 13.1 Å². The van der Waals surface area contributed by atoms with Gasteiger partial charge >= 0.3 is 0 Å². The Morgan fingerprint density at radius 3 is 3.11 bits per heavy atom. The Kier molecular flexibility index (Phi) is 3.94. The minimum absolute atomic E-state index is 0.0560. The van der Waals surface area contributed by atoms with E-state index in [4.69, 9.17) is 11.5 Å². The number of aliphatic hydroxyl groups excluding tert-OH is 1. The fraction of sp³-hybridized carbons (Fsp3) is 0.231. The first kappa shape index (κ1) is 12.1. The van der Waals surface area contributed by atoms with Gasteiger partial charge < -0.3 is 10.4 Å². The first-order valence-corrected chi connectivity index (χ1v) is 5.62. The molecule has 5 heteroatoms. The van der Waals surface area contributed by atoms with Gasteiger partial charge in [0, 0.05) is 11.3 Å². The summed E-state index contributed by atoms with van der Waals surface area (Å²) in [6, 6.07) is 7.62. The topological polar surface area (TPSA) is 63.0 Å². The summed E-state index contributed by atoms with van der Waals surface area (Å²) in [5.74, 6) is 2.59. The SMILES string of the molecule is C#Cc1cccc(NCc2cn(CCO)nn2)c1. The highest BCUT2D eigenvalue weighted by atomic mass is 16.3. The molecule has 18 heavy (non-hydrogen) atoms. The molecule has 5 nitrogen and oxygen atoms in total. The van der Waals surface area contributed by atoms with Gasteiger partial charge in [0.05, 0.1) is 25.9 Å². The highest BCUT2D eigenvalue weighted by Crippen LogP contribution is 2.10. The molecule has 0 spiro atoms. The van der Waals surface area contributed by atoms with Gasteiger partial charge in [0.25, 0.3) is 0 Å². The van der Waals surface area contributed by atoms with Crippen LogP contribution in [-0.4, -0.2) is 26.7 Å². The van der Waals surface area contributed by atoms with Crippen molar-refractivity contribution in [3.63, 3.8) is 0 Å². The van der Waals surface area contributed by atoms with Crippen LogP contribution in [0.15, 0.2) is 30.5 Å². The zero-order valence-electron chi connectivity index (χ0n) is 9.87. The molecule has 2 rings (SSSR count). The Morgan fingerprint density at radius 2 is 2.33 bits per heavy atom. The quantitative estimate of drug-likeness (QED) is 0.763. The van der Waals surface area contributed by atoms with Crippen molar-refractivity contribution < 1.29 is 5.11 Å². The van der Waals surface area contributed by atoms with Crippen LogP contribution in [-0.2, 0) is 13.1 Å². The first-order chi connectivity index (χ1) is 8.81. The molecule has 1 aromatic carbocycles. The Bertz CT molecular complexity index is 556. The van der Waals surface area contributed by atoms with Crippen LogP contribution in [0.25, 0.3) is 0 Å². The number of benzene rings is 1. The maximum Gasteiger partial charge on any atom is 0.102 e. The third-order valence-corrected chi connectivity index (χ3v) is 2.42. The second-order valence-corrected chi connectivity index (χ2v) is 3.78. The second kappa shape index (κ2) is 5.84. The fourth-order valence-corrected chi connectivity index (χ4v) is 1.54. The van der Waals surface area contributed by atoms with Crippen LogP contribution < -0.4 is 5.32 Å². The van der Waals surface area contributed by atoms with Gasteiger partial charge in [-0.2, -0.15) is 0 Å². The van der Waals surface area contributed by atoms with Crippen molar-refractivity contribution >= 4 is 5.69 Å². The molecule has 0 bridgehead atoms. The molecule has 2 aromatic rings. The normalized spacial score (nSPS) is 10.0. The molecule has 0 saturated heterocycles. The van der Waals surface area contributed by atoms with Crippen LogP contribution in [0, 0.1) is 12.3 Å². The molecule has 0 unspecified atom stereocenters. The fourth-order valence-electron chi connectivity index (χ4n) is 1.54. The van der Waals surface area contributed by atoms with Crippen LogP contribution in [0.4, 0.5) is 5.69 Å². The number of aliphatic hydroxyl groups is 1. The predicted molar refractivity (Wildman–Crippen MR) is 68.8 cm³/mol. The molecule has 0 saturated carbocycles. The molecule has 0 aliphatic carbocycles. The van der Waals surface area contributed by atoms with E-state index in [1.807, 2.05) is 24.3 Å². The Hall–Kier alpha value is -2.32. The Morgan fingerprint density at radius 1 is 1.44 bits per heavy atom. The van der Waals surface area contributed by atoms with Crippen LogP contribution in [0.1, 0.15) is 11.3 Å². The van der Waals surface area contributed by atoms with Crippen LogP contribution >= 0.6 is 0 Å². The molecule has 0 radical (unpaired) electrons. The van der Waals surface area contributed by atoms with Crippen molar-refractivity contribution in [2.24, 2.45) is 0 Å². The van der Waals surface area contributed by atoms with E-state index in [1.54, 1.807) is 10.9 Å². The number of nitrogens with one attached hydrogen (secondary N) is 1. The van der Waals surface area contributed by atoms with E-state index >= 15 is 0 Å². The van der Waals surface area contributed by atoms with Crippen molar-refractivity contribution in [3.8, 4) is 12.3 Å². The summed E-state index contributed by atoms with van der Waals surface area (Å²) in [4.78, 5) is 0. The van der Waals surface area contributed by atoms with Gasteiger partial charge in [-0.25, -0.2) is 4.68 Å². The molecular weight excluding hydrogens is 228 g/mol. The lowest BCUT2D eigenvalue weighted by atomic mass is 10.2. The zero-order chi connectivity index (χ0) is 12.8. The van der Waals surface area contributed by atoms with E-state index in [0.29, 0.717) is 13.1 Å². The van der Waals surface area contributed by atoms with Gasteiger partial charge in [0.1, 0.15) is 5.69 Å². The summed E-state index contributed by atoms with van der Waals surface area (Å²) in [5.41, 5.74) is 2.60. The lowest BCUT2D eigenvalue weighted by Crippen LogP contribution is -2.02. The van der Waals surface area contributed by atoms with Gasteiger partial charge in [0.15, 0.2) is 0 Å². The minimum atomic E-state index is 0.0560. The van der Waals surface area contributed by atoms with Crippen molar-refractivity contribution in [1.82, 2.24) is 15.0 Å². The zero-order valence-corrected chi connectivity index (χ0v) is 9.87. The number of hydrogen-bond acceptors (Lipinski definition) is 4. The summed E-state index contributed by atoms with van der Waals surface area (Å²) >= 11 is 0. The molecule has 0 fully saturated rings. The van der Waals surface area contributed by atoms with Crippen LogP contribution in [0.5, 0.6) is 0 Å². The van der Waals surface area contributed by atoms with Crippen molar-refractivity contribution in [1.29, 1.82) is 0 Å². The van der Waals surface area contributed by atoms with Gasteiger partial charge in [-0.05, 0) is 18.2 Å². The van der Waals surface area contributed by atoms with Crippen molar-refractivity contribution in [2.75, 3.05) is 11.9 Å². The van der Waals surface area contributed by atoms with Crippen LogP contribution in [0.3, 0.4) is 0 Å². The largest absolute Gasteiger partial charge is 0.394 e. The molecule has 0 aliphatic heterocycles. The molecule has 92 valence electrons. The first-order valence-electron chi connectivity index (χ1n) is 5.62. The summed E-state index contributed by atoms with van der Waals surface area (Å²) in [5, 5.41) is 19.9. The number of hydrogen-bond donors (Lipinski definition) is 2. The maximum atomic E-state index is 8.77. The Balaban J connectivity index is 1.96. The molecule has 2 N–H and O–H groups in total. The number of nitrogens with zero attached hydrogens (tertiary/aromatic N) is 3.